The molecule has 0 aliphatic heterocycles. The molecule has 0 saturated heterocycles. The van der Waals surface area contributed by atoms with Crippen LogP contribution in [0.15, 0.2) is 11.8 Å². The van der Waals surface area contributed by atoms with E-state index in [4.69, 9.17) is 9.84 Å². The quantitative estimate of drug-likeness (QED) is 0.122. The Balaban J connectivity index is 3.11. The zero-order chi connectivity index (χ0) is 18.6. The smallest absolute Gasteiger partial charge is 0.336 e. The molecule has 0 radical (unpaired) electrons. The summed E-state index contributed by atoms with van der Waals surface area (Å²) in [5, 5.41) is 8.69. The van der Waals surface area contributed by atoms with Crippen LogP contribution in [-0.4, -0.2) is 17.7 Å². The van der Waals surface area contributed by atoms with Crippen molar-refractivity contribution in [2.24, 2.45) is 0 Å². The lowest BCUT2D eigenvalue weighted by atomic mass is 10.0. The van der Waals surface area contributed by atoms with Gasteiger partial charge in [-0.15, -0.1) is 0 Å². The van der Waals surface area contributed by atoms with Crippen molar-refractivity contribution in [3.8, 4) is 0 Å². The number of rotatable bonds is 18. The molecule has 0 bridgehead atoms. The Labute approximate surface area is 156 Å². The average Bonchev–Trinajstić information content (AvgIpc) is 2.63. The molecule has 0 heterocycles. The first-order valence-corrected chi connectivity index (χ1v) is 10.7. The molecule has 25 heavy (non-hydrogen) atoms. The van der Waals surface area contributed by atoms with Crippen molar-refractivity contribution < 1.29 is 14.6 Å². The first kappa shape index (κ1) is 24.0. The van der Waals surface area contributed by atoms with Crippen molar-refractivity contribution in [1.29, 1.82) is 0 Å². The van der Waals surface area contributed by atoms with Crippen LogP contribution in [0.3, 0.4) is 0 Å². The molecule has 0 amide bonds. The molecule has 0 saturated carbocycles. The lowest BCUT2D eigenvalue weighted by Gasteiger charge is -2.05. The van der Waals surface area contributed by atoms with Crippen LogP contribution in [0.4, 0.5) is 0 Å². The maximum absolute atomic E-state index is 11.3. The van der Waals surface area contributed by atoms with Crippen molar-refractivity contribution in [3.63, 3.8) is 0 Å². The Morgan fingerprint density at radius 1 is 0.720 bits per heavy atom. The van der Waals surface area contributed by atoms with Crippen molar-refractivity contribution in [2.75, 3.05) is 6.61 Å². The summed E-state index contributed by atoms with van der Waals surface area (Å²) in [7, 11) is 0. The van der Waals surface area contributed by atoms with Crippen LogP contribution >= 0.6 is 0 Å². The molecule has 0 aromatic carbocycles. The second-order valence-electron chi connectivity index (χ2n) is 7.25. The maximum atomic E-state index is 11.3. The highest BCUT2D eigenvalue weighted by Crippen LogP contribution is 2.13. The largest absolute Gasteiger partial charge is 0.515 e. The zero-order valence-corrected chi connectivity index (χ0v) is 16.9. The zero-order valence-electron chi connectivity index (χ0n) is 16.9. The predicted octanol–water partition coefficient (Wildman–Crippen LogP) is 7.25. The number of esters is 1. The van der Waals surface area contributed by atoms with Gasteiger partial charge in [-0.3, -0.25) is 0 Å². The van der Waals surface area contributed by atoms with Gasteiger partial charge >= 0.3 is 5.97 Å². The normalized spacial score (nSPS) is 11.7. The monoisotopic (exact) mass is 354 g/mol. The van der Waals surface area contributed by atoms with Gasteiger partial charge in [-0.25, -0.2) is 4.79 Å². The molecular formula is C22H42O3. The number of aliphatic hydroxyl groups is 1. The van der Waals surface area contributed by atoms with E-state index in [1.54, 1.807) is 6.92 Å². The minimum Gasteiger partial charge on any atom is -0.515 e. The van der Waals surface area contributed by atoms with Crippen molar-refractivity contribution in [3.05, 3.63) is 11.8 Å². The van der Waals surface area contributed by atoms with Crippen LogP contribution in [0.5, 0.6) is 0 Å². The van der Waals surface area contributed by atoms with Crippen LogP contribution in [0.1, 0.15) is 117 Å². The Bertz CT molecular complexity index is 323. The number of hydrogen-bond acceptors (Lipinski definition) is 3. The number of carbonyl (C=O) groups excluding carboxylic acids is 1. The van der Waals surface area contributed by atoms with Gasteiger partial charge in [0.05, 0.1) is 18.4 Å². The van der Waals surface area contributed by atoms with Gasteiger partial charge in [-0.1, -0.05) is 103 Å². The minimum atomic E-state index is -0.413. The number of hydrogen-bond donors (Lipinski definition) is 1. The second-order valence-corrected chi connectivity index (χ2v) is 7.25. The van der Waals surface area contributed by atoms with Gasteiger partial charge in [0.25, 0.3) is 0 Å². The molecule has 0 unspecified atom stereocenters. The molecule has 1 N–H and O–H groups in total. The molecule has 0 spiro atoms. The minimum absolute atomic E-state index is 0.261. The molecule has 3 heteroatoms. The Morgan fingerprint density at radius 3 is 1.44 bits per heavy atom. The number of aliphatic hydroxyl groups excluding tert-OH is 1. The molecule has 0 aromatic rings. The van der Waals surface area contributed by atoms with Crippen LogP contribution in [0.25, 0.3) is 0 Å². The topological polar surface area (TPSA) is 46.5 Å². The summed E-state index contributed by atoms with van der Waals surface area (Å²) < 4.78 is 5.05. The van der Waals surface area contributed by atoms with Crippen LogP contribution in [0, 0.1) is 0 Å². The summed E-state index contributed by atoms with van der Waals surface area (Å²) in [6.45, 7) is 4.29. The first-order chi connectivity index (χ1) is 12.2. The van der Waals surface area contributed by atoms with E-state index in [-0.39, 0.29) is 5.57 Å². The third-order valence-electron chi connectivity index (χ3n) is 4.75. The lowest BCUT2D eigenvalue weighted by Crippen LogP contribution is -2.07. The maximum Gasteiger partial charge on any atom is 0.336 e. The summed E-state index contributed by atoms with van der Waals surface area (Å²) >= 11 is 0. The lowest BCUT2D eigenvalue weighted by molar-refractivity contribution is -0.139. The van der Waals surface area contributed by atoms with Crippen molar-refractivity contribution in [2.45, 2.75) is 117 Å². The summed E-state index contributed by atoms with van der Waals surface area (Å²) in [4.78, 5) is 11.3. The fourth-order valence-electron chi connectivity index (χ4n) is 2.98. The van der Waals surface area contributed by atoms with E-state index < -0.39 is 5.97 Å². The molecule has 3 nitrogen and oxygen atoms in total. The fourth-order valence-corrected chi connectivity index (χ4v) is 2.98. The fraction of sp³-hybridized carbons (Fsp3) is 0.864. The van der Waals surface area contributed by atoms with Crippen molar-refractivity contribution in [1.82, 2.24) is 0 Å². The van der Waals surface area contributed by atoms with E-state index in [1.807, 2.05) is 0 Å². The third kappa shape index (κ3) is 17.6. The van der Waals surface area contributed by atoms with Gasteiger partial charge in [-0.2, -0.15) is 0 Å². The second kappa shape index (κ2) is 19.3. The third-order valence-corrected chi connectivity index (χ3v) is 4.75. The van der Waals surface area contributed by atoms with Gasteiger partial charge in [0.2, 0.25) is 0 Å². The highest BCUT2D eigenvalue weighted by atomic mass is 16.5. The highest BCUT2D eigenvalue weighted by molar-refractivity contribution is 5.87. The van der Waals surface area contributed by atoms with E-state index in [0.717, 1.165) is 19.1 Å². The van der Waals surface area contributed by atoms with E-state index in [9.17, 15) is 4.79 Å². The average molecular weight is 355 g/mol. The number of ether oxygens (including phenoxy) is 1. The number of carbonyl (C=O) groups is 1. The summed E-state index contributed by atoms with van der Waals surface area (Å²) in [5.41, 5.74) is 0.261. The Hall–Kier alpha value is -0.990. The van der Waals surface area contributed by atoms with Gasteiger partial charge in [-0.05, 0) is 13.3 Å². The SMILES string of the molecule is CCCCCCCCCCCCCCCCCCOC(=O)C(C)=CO. The summed E-state index contributed by atoms with van der Waals surface area (Å²) in [5.74, 6) is -0.413. The van der Waals surface area contributed by atoms with Gasteiger partial charge in [0, 0.05) is 0 Å². The van der Waals surface area contributed by atoms with Crippen LogP contribution < -0.4 is 0 Å². The predicted molar refractivity (Wildman–Crippen MR) is 107 cm³/mol. The van der Waals surface area contributed by atoms with Crippen LogP contribution in [0.2, 0.25) is 0 Å². The molecule has 0 rings (SSSR count). The Kier molecular flexibility index (Phi) is 18.6. The standard InChI is InChI=1S/C22H42O3/c1-3-4-5-6-7-8-9-10-11-12-13-14-15-16-17-18-19-25-22(24)21(2)20-23/h20,23H,3-19H2,1-2H3. The van der Waals surface area contributed by atoms with E-state index >= 15 is 0 Å². The number of unbranched alkanes of at least 4 members (excludes halogenated alkanes) is 15. The van der Waals surface area contributed by atoms with E-state index in [1.165, 1.54) is 89.9 Å². The van der Waals surface area contributed by atoms with Gasteiger partial charge in [0.1, 0.15) is 0 Å². The van der Waals surface area contributed by atoms with Gasteiger partial charge in [0.15, 0.2) is 0 Å². The van der Waals surface area contributed by atoms with E-state index in [2.05, 4.69) is 6.92 Å². The highest BCUT2D eigenvalue weighted by Gasteiger charge is 2.04. The molecule has 0 atom stereocenters. The molecular weight excluding hydrogens is 312 g/mol. The van der Waals surface area contributed by atoms with Gasteiger partial charge < -0.3 is 9.84 Å². The molecule has 148 valence electrons. The molecule has 0 aliphatic rings. The molecule has 0 aromatic heterocycles. The Morgan fingerprint density at radius 2 is 1.08 bits per heavy atom. The molecule has 0 fully saturated rings. The molecule has 0 aliphatic carbocycles. The van der Waals surface area contributed by atoms with Crippen molar-refractivity contribution >= 4 is 5.97 Å². The summed E-state index contributed by atoms with van der Waals surface area (Å²) in [6.07, 6.45) is 22.2. The first-order valence-electron chi connectivity index (χ1n) is 10.7. The summed E-state index contributed by atoms with van der Waals surface area (Å²) in [6, 6.07) is 0. The van der Waals surface area contributed by atoms with E-state index in [0.29, 0.717) is 6.61 Å². The van der Waals surface area contributed by atoms with Crippen LogP contribution in [-0.2, 0) is 9.53 Å².